The van der Waals surface area contributed by atoms with E-state index in [0.29, 0.717) is 19.0 Å². The number of amides is 2. The Morgan fingerprint density at radius 1 is 1.21 bits per heavy atom. The highest BCUT2D eigenvalue weighted by Gasteiger charge is 2.23. The Bertz CT molecular complexity index is 208. The summed E-state index contributed by atoms with van der Waals surface area (Å²) in [7, 11) is 0. The number of carbonyl (C=O) groups excluding carboxylic acids is 2. The fraction of sp³-hybridized carbons (Fsp3) is 0.800. The van der Waals surface area contributed by atoms with Crippen molar-refractivity contribution in [2.24, 2.45) is 5.92 Å². The number of hydrogen-bond acceptors (Lipinski definition) is 3. The zero-order valence-corrected chi connectivity index (χ0v) is 8.88. The molecule has 0 aromatic carbocycles. The van der Waals surface area contributed by atoms with Crippen molar-refractivity contribution in [3.8, 4) is 0 Å². The molecule has 0 saturated carbocycles. The zero-order valence-electron chi connectivity index (χ0n) is 8.88. The second-order valence-corrected chi connectivity index (χ2v) is 3.82. The SMILES string of the molecule is CCC(CC)CN1CC(=O)NC(=O)C1. The molecule has 4 nitrogen and oxygen atoms in total. The number of imide groups is 1. The highest BCUT2D eigenvalue weighted by molar-refractivity contribution is 5.99. The number of nitrogens with zero attached hydrogens (tertiary/aromatic N) is 1. The van der Waals surface area contributed by atoms with E-state index in [2.05, 4.69) is 19.2 Å². The van der Waals surface area contributed by atoms with Crippen molar-refractivity contribution in [2.75, 3.05) is 19.6 Å². The molecule has 80 valence electrons. The highest BCUT2D eigenvalue weighted by atomic mass is 16.2. The standard InChI is InChI=1S/C10H18N2O2/c1-3-8(4-2)5-12-6-9(13)11-10(14)7-12/h8H,3-7H2,1-2H3,(H,11,13,14). The Kier molecular flexibility index (Phi) is 4.07. The van der Waals surface area contributed by atoms with Crippen LogP contribution in [0.15, 0.2) is 0 Å². The van der Waals surface area contributed by atoms with E-state index in [4.69, 9.17) is 0 Å². The van der Waals surface area contributed by atoms with Crippen molar-refractivity contribution in [3.63, 3.8) is 0 Å². The molecule has 0 aromatic rings. The van der Waals surface area contributed by atoms with Crippen LogP contribution >= 0.6 is 0 Å². The third kappa shape index (κ3) is 3.10. The molecule has 4 heteroatoms. The summed E-state index contributed by atoms with van der Waals surface area (Å²) in [6, 6.07) is 0. The van der Waals surface area contributed by atoms with E-state index in [1.54, 1.807) is 0 Å². The highest BCUT2D eigenvalue weighted by Crippen LogP contribution is 2.10. The maximum absolute atomic E-state index is 11.1. The van der Waals surface area contributed by atoms with Crippen LogP contribution in [-0.2, 0) is 9.59 Å². The molecule has 1 aliphatic heterocycles. The largest absolute Gasteiger partial charge is 0.294 e. The van der Waals surface area contributed by atoms with E-state index in [1.807, 2.05) is 4.90 Å². The van der Waals surface area contributed by atoms with E-state index in [9.17, 15) is 9.59 Å². The fourth-order valence-corrected chi connectivity index (χ4v) is 1.74. The topological polar surface area (TPSA) is 49.4 Å². The van der Waals surface area contributed by atoms with Crippen molar-refractivity contribution in [3.05, 3.63) is 0 Å². The number of piperazine rings is 1. The Morgan fingerprint density at radius 3 is 2.14 bits per heavy atom. The van der Waals surface area contributed by atoms with Crippen molar-refractivity contribution in [2.45, 2.75) is 26.7 Å². The van der Waals surface area contributed by atoms with Crippen LogP contribution in [0.4, 0.5) is 0 Å². The Hall–Kier alpha value is -0.900. The summed E-state index contributed by atoms with van der Waals surface area (Å²) < 4.78 is 0. The maximum atomic E-state index is 11.1. The first-order valence-electron chi connectivity index (χ1n) is 5.20. The van der Waals surface area contributed by atoms with Gasteiger partial charge < -0.3 is 0 Å². The van der Waals surface area contributed by atoms with Crippen LogP contribution in [0.25, 0.3) is 0 Å². The van der Waals surface area contributed by atoms with Gasteiger partial charge in [0.25, 0.3) is 0 Å². The second-order valence-electron chi connectivity index (χ2n) is 3.82. The first kappa shape index (κ1) is 11.2. The number of nitrogens with one attached hydrogen (secondary N) is 1. The van der Waals surface area contributed by atoms with Gasteiger partial charge in [-0.1, -0.05) is 26.7 Å². The molecule has 0 spiro atoms. The molecule has 1 heterocycles. The van der Waals surface area contributed by atoms with Crippen molar-refractivity contribution in [1.82, 2.24) is 10.2 Å². The lowest BCUT2D eigenvalue weighted by molar-refractivity contribution is -0.136. The number of rotatable bonds is 4. The quantitative estimate of drug-likeness (QED) is 0.664. The normalized spacial score (nSPS) is 18.8. The summed E-state index contributed by atoms with van der Waals surface area (Å²) in [5.41, 5.74) is 0. The van der Waals surface area contributed by atoms with Crippen molar-refractivity contribution < 1.29 is 9.59 Å². The lowest BCUT2D eigenvalue weighted by atomic mass is 10.0. The predicted molar refractivity (Wildman–Crippen MR) is 53.7 cm³/mol. The Labute approximate surface area is 84.7 Å². The van der Waals surface area contributed by atoms with E-state index in [-0.39, 0.29) is 11.8 Å². The summed E-state index contributed by atoms with van der Waals surface area (Å²) in [6.07, 6.45) is 2.20. The van der Waals surface area contributed by atoms with Crippen LogP contribution in [0.3, 0.4) is 0 Å². The van der Waals surface area contributed by atoms with E-state index < -0.39 is 0 Å². The second kappa shape index (κ2) is 5.10. The molecule has 1 saturated heterocycles. The lowest BCUT2D eigenvalue weighted by Gasteiger charge is -2.28. The van der Waals surface area contributed by atoms with E-state index in [1.165, 1.54) is 0 Å². The van der Waals surface area contributed by atoms with Gasteiger partial charge in [0.2, 0.25) is 11.8 Å². The predicted octanol–water partition coefficient (Wildman–Crippen LogP) is 0.381. The van der Waals surface area contributed by atoms with Gasteiger partial charge >= 0.3 is 0 Å². The minimum atomic E-state index is -0.174. The van der Waals surface area contributed by atoms with Gasteiger partial charge in [-0.05, 0) is 5.92 Å². The summed E-state index contributed by atoms with van der Waals surface area (Å²) in [4.78, 5) is 24.1. The Balaban J connectivity index is 2.43. The molecule has 2 amide bonds. The molecule has 0 aliphatic carbocycles. The number of carbonyl (C=O) groups is 2. The molecular formula is C10H18N2O2. The average Bonchev–Trinajstić information content (AvgIpc) is 2.12. The first-order chi connectivity index (χ1) is 6.65. The molecule has 1 aliphatic rings. The minimum absolute atomic E-state index is 0.174. The molecule has 1 rings (SSSR count). The fourth-order valence-electron chi connectivity index (χ4n) is 1.74. The van der Waals surface area contributed by atoms with Gasteiger partial charge in [0.05, 0.1) is 13.1 Å². The van der Waals surface area contributed by atoms with Gasteiger partial charge in [-0.15, -0.1) is 0 Å². The molecule has 0 aromatic heterocycles. The van der Waals surface area contributed by atoms with Gasteiger partial charge in [-0.2, -0.15) is 0 Å². The summed E-state index contributed by atoms with van der Waals surface area (Å²) >= 11 is 0. The number of hydrogen-bond donors (Lipinski definition) is 1. The van der Waals surface area contributed by atoms with E-state index in [0.717, 1.165) is 19.4 Å². The summed E-state index contributed by atoms with van der Waals surface area (Å²) in [5.74, 6) is 0.244. The molecule has 0 radical (unpaired) electrons. The molecule has 0 bridgehead atoms. The van der Waals surface area contributed by atoms with Gasteiger partial charge in [0.15, 0.2) is 0 Å². The van der Waals surface area contributed by atoms with Crippen LogP contribution in [0, 0.1) is 5.92 Å². The molecule has 0 unspecified atom stereocenters. The molecular weight excluding hydrogens is 180 g/mol. The van der Waals surface area contributed by atoms with Crippen molar-refractivity contribution in [1.29, 1.82) is 0 Å². The third-order valence-electron chi connectivity index (χ3n) is 2.68. The van der Waals surface area contributed by atoms with Crippen LogP contribution < -0.4 is 5.32 Å². The van der Waals surface area contributed by atoms with Gasteiger partial charge in [-0.25, -0.2) is 0 Å². The van der Waals surface area contributed by atoms with Crippen LogP contribution in [-0.4, -0.2) is 36.3 Å². The van der Waals surface area contributed by atoms with E-state index >= 15 is 0 Å². The summed E-state index contributed by atoms with van der Waals surface area (Å²) in [6.45, 7) is 5.86. The summed E-state index contributed by atoms with van der Waals surface area (Å²) in [5, 5.41) is 2.30. The minimum Gasteiger partial charge on any atom is -0.294 e. The molecule has 0 atom stereocenters. The van der Waals surface area contributed by atoms with Crippen LogP contribution in [0.2, 0.25) is 0 Å². The molecule has 14 heavy (non-hydrogen) atoms. The van der Waals surface area contributed by atoms with Crippen molar-refractivity contribution >= 4 is 11.8 Å². The van der Waals surface area contributed by atoms with Gasteiger partial charge in [-0.3, -0.25) is 19.8 Å². The smallest absolute Gasteiger partial charge is 0.240 e. The monoisotopic (exact) mass is 198 g/mol. The van der Waals surface area contributed by atoms with Crippen LogP contribution in [0.5, 0.6) is 0 Å². The van der Waals surface area contributed by atoms with Gasteiger partial charge in [0, 0.05) is 6.54 Å². The van der Waals surface area contributed by atoms with Gasteiger partial charge in [0.1, 0.15) is 0 Å². The first-order valence-corrected chi connectivity index (χ1v) is 5.20. The third-order valence-corrected chi connectivity index (χ3v) is 2.68. The molecule has 1 fully saturated rings. The Morgan fingerprint density at radius 2 is 1.71 bits per heavy atom. The molecule has 1 N–H and O–H groups in total. The average molecular weight is 198 g/mol. The lowest BCUT2D eigenvalue weighted by Crippen LogP contribution is -2.52. The zero-order chi connectivity index (χ0) is 10.6. The van der Waals surface area contributed by atoms with Crippen LogP contribution in [0.1, 0.15) is 26.7 Å². The maximum Gasteiger partial charge on any atom is 0.240 e.